The van der Waals surface area contributed by atoms with Crippen molar-refractivity contribution in [1.82, 2.24) is 19.6 Å². The molecule has 1 fully saturated rings. The zero-order chi connectivity index (χ0) is 25.3. The van der Waals surface area contributed by atoms with Crippen LogP contribution in [0.1, 0.15) is 40.3 Å². The zero-order valence-corrected chi connectivity index (χ0v) is 21.0. The summed E-state index contributed by atoms with van der Waals surface area (Å²) in [5.41, 5.74) is 12.0. The van der Waals surface area contributed by atoms with Crippen molar-refractivity contribution in [3.05, 3.63) is 18.6 Å². The lowest BCUT2D eigenvalue weighted by molar-refractivity contribution is -0.149. The number of imidazole rings is 1. The molecule has 0 amide bonds. The predicted molar refractivity (Wildman–Crippen MR) is 126 cm³/mol. The van der Waals surface area contributed by atoms with Gasteiger partial charge in [0.1, 0.15) is 11.6 Å². The molecule has 0 aliphatic carbocycles. The van der Waals surface area contributed by atoms with E-state index in [-0.39, 0.29) is 19.3 Å². The Morgan fingerprint density at radius 3 is 2.76 bits per heavy atom. The molecule has 3 heterocycles. The van der Waals surface area contributed by atoms with Crippen LogP contribution in [0.25, 0.3) is 11.2 Å². The molecular formula is C21H34FN6O5P. The van der Waals surface area contributed by atoms with E-state index in [1.165, 1.54) is 30.7 Å². The van der Waals surface area contributed by atoms with E-state index >= 15 is 4.39 Å². The first kappa shape index (κ1) is 26.5. The smallest absolute Gasteiger partial charge is 0.323 e. The van der Waals surface area contributed by atoms with Gasteiger partial charge in [-0.25, -0.2) is 19.4 Å². The van der Waals surface area contributed by atoms with Gasteiger partial charge in [-0.15, -0.1) is 0 Å². The molecule has 11 nitrogen and oxygen atoms in total. The van der Waals surface area contributed by atoms with E-state index in [4.69, 9.17) is 25.5 Å². The van der Waals surface area contributed by atoms with Crippen molar-refractivity contribution in [2.75, 3.05) is 25.6 Å². The van der Waals surface area contributed by atoms with Gasteiger partial charge in [0.05, 0.1) is 30.8 Å². The molecule has 3 rings (SSSR count). The molecule has 13 heteroatoms. The summed E-state index contributed by atoms with van der Waals surface area (Å²) in [5.74, 6) is -0.548. The van der Waals surface area contributed by atoms with Crippen molar-refractivity contribution in [3.63, 3.8) is 0 Å². The number of fused-ring (bicyclic) bond motifs is 1. The highest BCUT2D eigenvalue weighted by molar-refractivity contribution is 7.56. The van der Waals surface area contributed by atoms with Crippen LogP contribution in [-0.2, 0) is 23.4 Å². The minimum absolute atomic E-state index is 0.178. The summed E-state index contributed by atoms with van der Waals surface area (Å²) in [6.07, 6.45) is -0.348. The molecule has 0 radical (unpaired) electrons. The molecule has 5 N–H and O–H groups in total. The Labute approximate surface area is 198 Å². The number of halogens is 1. The van der Waals surface area contributed by atoms with Crippen LogP contribution in [0.3, 0.4) is 0 Å². The third kappa shape index (κ3) is 5.41. The maximum Gasteiger partial charge on any atom is 0.323 e. The number of alkyl halides is 1. The SMILES string of the molecule is CC(C)OC(=O)[C@H](C)NP(C)(=O)OC[C@H]1O[C@@H](n2cnc3c(N)ccnc32)[C@H](F)C1(C)CCN. The number of aromatic nitrogens is 3. The molecular weight excluding hydrogens is 466 g/mol. The molecule has 1 aliphatic rings. The average molecular weight is 501 g/mol. The Morgan fingerprint density at radius 2 is 2.12 bits per heavy atom. The largest absolute Gasteiger partial charge is 0.462 e. The van der Waals surface area contributed by atoms with Gasteiger partial charge >= 0.3 is 5.97 Å². The summed E-state index contributed by atoms with van der Waals surface area (Å²) in [6.45, 7) is 8.09. The number of nitrogen functional groups attached to an aromatic ring is 1. The Bertz CT molecular complexity index is 1070. The molecule has 0 aromatic carbocycles. The number of rotatable bonds is 10. The number of anilines is 1. The van der Waals surface area contributed by atoms with Gasteiger partial charge in [0, 0.05) is 18.3 Å². The Hall–Kier alpha value is -2.11. The molecule has 1 aliphatic heterocycles. The van der Waals surface area contributed by atoms with Crippen molar-refractivity contribution in [1.29, 1.82) is 0 Å². The van der Waals surface area contributed by atoms with Gasteiger partial charge in [-0.1, -0.05) is 6.92 Å². The van der Waals surface area contributed by atoms with Gasteiger partial charge in [0.2, 0.25) is 0 Å². The number of carbonyl (C=O) groups is 1. The highest BCUT2D eigenvalue weighted by Gasteiger charge is 2.55. The van der Waals surface area contributed by atoms with Crippen molar-refractivity contribution >= 4 is 30.3 Å². The van der Waals surface area contributed by atoms with Crippen molar-refractivity contribution in [3.8, 4) is 0 Å². The van der Waals surface area contributed by atoms with Gasteiger partial charge < -0.3 is 25.5 Å². The van der Waals surface area contributed by atoms with Crippen LogP contribution in [0.4, 0.5) is 10.1 Å². The number of pyridine rings is 1. The summed E-state index contributed by atoms with van der Waals surface area (Å²) in [7, 11) is -3.45. The second-order valence-corrected chi connectivity index (χ2v) is 11.4. The Kier molecular flexibility index (Phi) is 7.99. The van der Waals surface area contributed by atoms with Crippen molar-refractivity contribution in [2.45, 2.75) is 64.8 Å². The maximum atomic E-state index is 15.8. The first-order valence-electron chi connectivity index (χ1n) is 11.2. The number of nitrogens with one attached hydrogen (secondary N) is 1. The monoisotopic (exact) mass is 500 g/mol. The predicted octanol–water partition coefficient (Wildman–Crippen LogP) is 2.37. The number of nitrogens with two attached hydrogens (primary N) is 2. The van der Waals surface area contributed by atoms with Crippen LogP contribution in [0.15, 0.2) is 18.6 Å². The molecule has 190 valence electrons. The number of ether oxygens (including phenoxy) is 2. The standard InChI is InChI=1S/C21H34FN6O5P/c1-12(2)32-20(29)13(3)27-34(5,30)31-10-15-21(4,7-8-23)17(22)19(33-15)28-11-26-16-14(24)6-9-25-18(16)28/h6,9,11-13,15,17,19H,7-8,10,23H2,1-5H3,(H2,24,25)(H,27,30)/t13-,15+,17-,19+,21?,34?/m0/s1. The van der Waals surface area contributed by atoms with E-state index in [9.17, 15) is 9.36 Å². The molecule has 2 aromatic rings. The minimum Gasteiger partial charge on any atom is -0.462 e. The normalized spacial score (nSPS) is 27.7. The minimum atomic E-state index is -3.45. The molecule has 0 spiro atoms. The topological polar surface area (TPSA) is 157 Å². The fourth-order valence-electron chi connectivity index (χ4n) is 4.07. The third-order valence-corrected chi connectivity index (χ3v) is 7.47. The number of hydrogen-bond donors (Lipinski definition) is 3. The number of carbonyl (C=O) groups excluding carboxylic acids is 1. The van der Waals surface area contributed by atoms with Crippen molar-refractivity contribution < 1.29 is 27.7 Å². The second kappa shape index (κ2) is 10.2. The fourth-order valence-corrected chi connectivity index (χ4v) is 5.37. The first-order chi connectivity index (χ1) is 15.9. The number of nitrogens with zero attached hydrogens (tertiary/aromatic N) is 3. The summed E-state index contributed by atoms with van der Waals surface area (Å²) in [6, 6.07) is 0.759. The van der Waals surface area contributed by atoms with E-state index < -0.39 is 43.4 Å². The summed E-state index contributed by atoms with van der Waals surface area (Å²) in [4.78, 5) is 20.6. The highest BCUT2D eigenvalue weighted by atomic mass is 31.2. The first-order valence-corrected chi connectivity index (χ1v) is 13.2. The van der Waals surface area contributed by atoms with Crippen LogP contribution in [0.5, 0.6) is 0 Å². The van der Waals surface area contributed by atoms with Crippen LogP contribution < -0.4 is 16.6 Å². The molecule has 0 saturated carbocycles. The molecule has 0 bridgehead atoms. The summed E-state index contributed by atoms with van der Waals surface area (Å²) < 4.78 is 47.2. The van der Waals surface area contributed by atoms with Gasteiger partial charge in [-0.3, -0.25) is 13.9 Å². The van der Waals surface area contributed by atoms with Crippen LogP contribution >= 0.6 is 7.52 Å². The summed E-state index contributed by atoms with van der Waals surface area (Å²) >= 11 is 0. The highest BCUT2D eigenvalue weighted by Crippen LogP contribution is 2.50. The zero-order valence-electron chi connectivity index (χ0n) is 20.1. The molecule has 6 atom stereocenters. The number of esters is 1. The van der Waals surface area contributed by atoms with E-state index in [1.807, 2.05) is 0 Å². The van der Waals surface area contributed by atoms with Gasteiger partial charge in [0.25, 0.3) is 7.52 Å². The van der Waals surface area contributed by atoms with Crippen molar-refractivity contribution in [2.24, 2.45) is 11.1 Å². The lowest BCUT2D eigenvalue weighted by Gasteiger charge is -2.31. The van der Waals surface area contributed by atoms with Gasteiger partial charge in [-0.05, 0) is 39.8 Å². The lowest BCUT2D eigenvalue weighted by Crippen LogP contribution is -2.40. The van der Waals surface area contributed by atoms with E-state index in [1.54, 1.807) is 26.8 Å². The fraction of sp³-hybridized carbons (Fsp3) is 0.667. The molecule has 34 heavy (non-hydrogen) atoms. The van der Waals surface area contributed by atoms with E-state index in [2.05, 4.69) is 15.1 Å². The quantitative estimate of drug-likeness (QED) is 0.327. The second-order valence-electron chi connectivity index (χ2n) is 9.16. The molecule has 1 saturated heterocycles. The lowest BCUT2D eigenvalue weighted by atomic mass is 9.78. The van der Waals surface area contributed by atoms with E-state index in [0.717, 1.165) is 0 Å². The maximum absolute atomic E-state index is 15.8. The molecule has 2 unspecified atom stereocenters. The number of hydrogen-bond acceptors (Lipinski definition) is 9. The van der Waals surface area contributed by atoms with E-state index in [0.29, 0.717) is 23.3 Å². The summed E-state index contributed by atoms with van der Waals surface area (Å²) in [5, 5.41) is 2.67. The van der Waals surface area contributed by atoms with Crippen LogP contribution in [0.2, 0.25) is 0 Å². The van der Waals surface area contributed by atoms with Gasteiger partial charge in [0.15, 0.2) is 18.0 Å². The average Bonchev–Trinajstić information content (AvgIpc) is 3.27. The molecule has 2 aromatic heterocycles. The Morgan fingerprint density at radius 1 is 1.41 bits per heavy atom. The van der Waals surface area contributed by atoms with Crippen LogP contribution in [0, 0.1) is 5.41 Å². The van der Waals surface area contributed by atoms with Crippen LogP contribution in [-0.4, -0.2) is 64.7 Å². The van der Waals surface area contributed by atoms with Gasteiger partial charge in [-0.2, -0.15) is 0 Å². The third-order valence-electron chi connectivity index (χ3n) is 5.97. The Balaban J connectivity index is 1.77.